The summed E-state index contributed by atoms with van der Waals surface area (Å²) >= 11 is 2.50. The second-order valence-corrected chi connectivity index (χ2v) is 12.8. The number of carboxylic acid groups (broad SMARTS) is 1. The fourth-order valence-corrected chi connectivity index (χ4v) is 7.96. The van der Waals surface area contributed by atoms with Crippen LogP contribution >= 0.6 is 23.5 Å². The molecule has 3 aliphatic heterocycles. The van der Waals surface area contributed by atoms with Gasteiger partial charge in [-0.25, -0.2) is 4.79 Å². The number of pyridine rings is 1. The number of urea groups is 1. The Morgan fingerprint density at radius 1 is 1.10 bits per heavy atom. The lowest BCUT2D eigenvalue weighted by Crippen LogP contribution is -2.85. The summed E-state index contributed by atoms with van der Waals surface area (Å²) in [5, 5.41) is 18.7. The molecule has 4 heterocycles. The number of carboxylic acids is 1. The normalized spacial score (nSPS) is 21.2. The van der Waals surface area contributed by atoms with E-state index in [1.54, 1.807) is 49.2 Å². The minimum atomic E-state index is -2.07. The fraction of sp³-hybridized carbons (Fsp3) is 0.333. The maximum atomic E-state index is 13.9. The van der Waals surface area contributed by atoms with Crippen LogP contribution in [0.5, 0.6) is 0 Å². The number of hydrogen-bond donors (Lipinski definition) is 4. The molecule has 1 unspecified atom stereocenters. The van der Waals surface area contributed by atoms with Gasteiger partial charge in [-0.15, -0.1) is 23.5 Å². The molecule has 5 rings (SSSR count). The Labute approximate surface area is 283 Å². The van der Waals surface area contributed by atoms with Gasteiger partial charge in [-0.05, 0) is 18.1 Å². The second kappa shape index (κ2) is 14.3. The van der Waals surface area contributed by atoms with Crippen LogP contribution in [0, 0.1) is 0 Å². The highest BCUT2D eigenvalue weighted by atomic mass is 32.2. The summed E-state index contributed by atoms with van der Waals surface area (Å²) in [6.45, 7) is 1.99. The monoisotopic (exact) mass is 696 g/mol. The summed E-state index contributed by atoms with van der Waals surface area (Å²) in [7, 11) is 1.75. The van der Waals surface area contributed by atoms with Gasteiger partial charge in [0.1, 0.15) is 11.4 Å². The maximum Gasteiger partial charge on any atom is 0.325 e. The van der Waals surface area contributed by atoms with Gasteiger partial charge < -0.3 is 30.8 Å². The van der Waals surface area contributed by atoms with E-state index in [9.17, 15) is 38.7 Å². The highest BCUT2D eigenvalue weighted by Gasteiger charge is 2.65. The molecule has 1 aromatic heterocycles. The molecule has 2 aromatic rings. The number of fused-ring (bicyclic) bond motifs is 1. The third kappa shape index (κ3) is 6.40. The number of imide groups is 1. The van der Waals surface area contributed by atoms with E-state index < -0.39 is 52.7 Å². The first kappa shape index (κ1) is 34.2. The number of likely N-dealkylation sites (N-methyl/N-ethyl adjacent to an activating group) is 1. The van der Waals surface area contributed by atoms with Crippen LogP contribution in [0.1, 0.15) is 18.5 Å². The fourth-order valence-electron chi connectivity index (χ4n) is 5.51. The molecule has 0 spiro atoms. The predicted octanol–water partition coefficient (Wildman–Crippen LogP) is -2.14. The third-order valence-electron chi connectivity index (χ3n) is 8.02. The molecule has 3 atom stereocenters. The first-order valence-electron chi connectivity index (χ1n) is 14.8. The Kier molecular flexibility index (Phi) is 10.2. The predicted molar refractivity (Wildman–Crippen MR) is 170 cm³/mol. The van der Waals surface area contributed by atoms with Crippen LogP contribution in [-0.4, -0.2) is 106 Å². The summed E-state index contributed by atoms with van der Waals surface area (Å²) < 4.78 is 1.73. The van der Waals surface area contributed by atoms with Gasteiger partial charge >= 0.3 is 17.8 Å². The van der Waals surface area contributed by atoms with Crippen molar-refractivity contribution in [1.29, 1.82) is 0 Å². The molecule has 4 N–H and O–H groups in total. The lowest BCUT2D eigenvalue weighted by Gasteiger charge is -2.57. The van der Waals surface area contributed by atoms with Gasteiger partial charge in [0, 0.05) is 48.2 Å². The van der Waals surface area contributed by atoms with Crippen LogP contribution in [0.2, 0.25) is 0 Å². The zero-order valence-corrected chi connectivity index (χ0v) is 27.5. The molecule has 3 aliphatic rings. The van der Waals surface area contributed by atoms with Crippen LogP contribution in [0.4, 0.5) is 4.79 Å². The Hall–Kier alpha value is -5.10. The second-order valence-electron chi connectivity index (χ2n) is 10.7. The van der Waals surface area contributed by atoms with Gasteiger partial charge in [-0.2, -0.15) is 5.43 Å². The van der Waals surface area contributed by atoms with Gasteiger partial charge in [-0.3, -0.25) is 33.8 Å². The van der Waals surface area contributed by atoms with Crippen LogP contribution in [-0.2, 0) is 28.8 Å². The molecule has 18 heteroatoms. The first-order valence-corrected chi connectivity index (χ1v) is 16.8. The number of carbonyl (C=O) groups is 7. The van der Waals surface area contributed by atoms with Gasteiger partial charge in [0.15, 0.2) is 0 Å². The Balaban J connectivity index is 1.37. The molecule has 0 radical (unpaired) electrons. The number of nitrogens with zero attached hydrogens (tertiary/aromatic N) is 4. The number of thioether (sulfide) groups is 2. The van der Waals surface area contributed by atoms with Crippen LogP contribution in [0.3, 0.4) is 0 Å². The SMILES string of the molecule is CCN1CCN(C(=O)NC(C(=O)N[C@]2(NC=O)C(=O)N3C(C(=O)[O-])=C(CSc4cc[n+](NC)cc4)CS[C@@H]32)c2ccccc2)C(=O)C1=O. The van der Waals surface area contributed by atoms with Crippen molar-refractivity contribution in [3.8, 4) is 0 Å². The lowest BCUT2D eigenvalue weighted by atomic mass is 9.94. The number of piperazine rings is 1. The number of benzene rings is 1. The molecular weight excluding hydrogens is 665 g/mol. The summed E-state index contributed by atoms with van der Waals surface area (Å²) in [4.78, 5) is 94.0. The lowest BCUT2D eigenvalue weighted by molar-refractivity contribution is -0.647. The van der Waals surface area contributed by atoms with Crippen LogP contribution < -0.4 is 31.2 Å². The van der Waals surface area contributed by atoms with E-state index in [0.29, 0.717) is 10.5 Å². The van der Waals surface area contributed by atoms with Crippen molar-refractivity contribution < 1.29 is 43.3 Å². The van der Waals surface area contributed by atoms with Gasteiger partial charge in [0.25, 0.3) is 5.91 Å². The number of carbonyl (C=O) groups excluding carboxylic acids is 7. The molecule has 2 fully saturated rings. The van der Waals surface area contributed by atoms with Crippen molar-refractivity contribution in [2.24, 2.45) is 0 Å². The maximum absolute atomic E-state index is 13.9. The van der Waals surface area contributed by atoms with Crippen molar-refractivity contribution in [2.45, 2.75) is 28.9 Å². The van der Waals surface area contributed by atoms with E-state index >= 15 is 0 Å². The number of aliphatic carboxylic acids is 1. The number of amides is 7. The van der Waals surface area contributed by atoms with Crippen molar-refractivity contribution in [3.05, 3.63) is 71.7 Å². The largest absolute Gasteiger partial charge is 0.543 e. The molecule has 1 aromatic carbocycles. The Morgan fingerprint density at radius 2 is 1.81 bits per heavy atom. The molecule has 2 saturated heterocycles. The summed E-state index contributed by atoms with van der Waals surface area (Å²) in [5.41, 5.74) is 1.21. The highest BCUT2D eigenvalue weighted by molar-refractivity contribution is 8.01. The van der Waals surface area contributed by atoms with Crippen molar-refractivity contribution in [1.82, 2.24) is 30.7 Å². The zero-order chi connectivity index (χ0) is 34.6. The first-order chi connectivity index (χ1) is 23.1. The van der Waals surface area contributed by atoms with E-state index in [2.05, 4.69) is 21.4 Å². The zero-order valence-electron chi connectivity index (χ0n) is 25.8. The molecule has 7 amide bonds. The van der Waals surface area contributed by atoms with Crippen LogP contribution in [0.15, 0.2) is 71.0 Å². The van der Waals surface area contributed by atoms with E-state index in [4.69, 9.17) is 0 Å². The average Bonchev–Trinajstić information content (AvgIpc) is 3.10. The summed E-state index contributed by atoms with van der Waals surface area (Å²) in [6.07, 6.45) is 3.79. The van der Waals surface area contributed by atoms with Gasteiger partial charge in [0.2, 0.25) is 30.4 Å². The molecule has 0 bridgehead atoms. The topological polar surface area (TPSA) is 204 Å². The molecule has 252 valence electrons. The molecule has 0 saturated carbocycles. The van der Waals surface area contributed by atoms with Crippen molar-refractivity contribution in [3.63, 3.8) is 0 Å². The number of aromatic nitrogens is 1. The van der Waals surface area contributed by atoms with Crippen molar-refractivity contribution in [2.75, 3.05) is 43.6 Å². The number of β-lactam (4-membered cyclic amide) rings is 1. The molecule has 16 nitrogen and oxygen atoms in total. The van der Waals surface area contributed by atoms with Crippen molar-refractivity contribution >= 4 is 65.6 Å². The van der Waals surface area contributed by atoms with E-state index in [1.165, 1.54) is 28.8 Å². The minimum Gasteiger partial charge on any atom is -0.543 e. The minimum absolute atomic E-state index is 0.102. The van der Waals surface area contributed by atoms with E-state index in [0.717, 1.165) is 21.6 Å². The van der Waals surface area contributed by atoms with E-state index in [-0.39, 0.29) is 48.8 Å². The quantitative estimate of drug-likeness (QED) is 0.0471. The van der Waals surface area contributed by atoms with Gasteiger partial charge in [-0.1, -0.05) is 35.0 Å². The average molecular weight is 697 g/mol. The molecular formula is C30H32N8O8S2. The third-order valence-corrected chi connectivity index (χ3v) is 10.5. The van der Waals surface area contributed by atoms with Crippen LogP contribution in [0.25, 0.3) is 0 Å². The Morgan fingerprint density at radius 3 is 2.44 bits per heavy atom. The molecule has 0 aliphatic carbocycles. The smallest absolute Gasteiger partial charge is 0.325 e. The highest BCUT2D eigenvalue weighted by Crippen LogP contribution is 2.45. The number of rotatable bonds is 12. The summed E-state index contributed by atoms with van der Waals surface area (Å²) in [6, 6.07) is 9.12. The Bertz CT molecular complexity index is 1670. The standard InChI is InChI=1S/C30H32N8O8S2/c1-3-35-13-14-37(25(42)24(35)41)29(46)33-21(18-7-5-4-6-8-18)23(40)34-30(32-17-39)27(45)38-22(26(43)44)19(16-48-28(30)38)15-47-20-9-11-36(31-2)12-10-20/h4-12,17,21,28,31H,3,13-16H2,1-2H3,(H3-,32,33,34,39,40,43,44,46)/t21?,28-,30-/m1/s1. The summed E-state index contributed by atoms with van der Waals surface area (Å²) in [5.74, 6) is -4.99. The molecule has 48 heavy (non-hydrogen) atoms. The number of hydrogen-bond acceptors (Lipinski definition) is 11. The number of nitrogens with one attached hydrogen (secondary N) is 4. The van der Waals surface area contributed by atoms with E-state index in [1.807, 2.05) is 12.1 Å². The van der Waals surface area contributed by atoms with Gasteiger partial charge in [0.05, 0.1) is 18.7 Å².